The summed E-state index contributed by atoms with van der Waals surface area (Å²) in [5, 5.41) is 2.59. The second-order valence-corrected chi connectivity index (χ2v) is 7.16. The van der Waals surface area contributed by atoms with Gasteiger partial charge in [-0.05, 0) is 43.2 Å². The van der Waals surface area contributed by atoms with Crippen molar-refractivity contribution in [1.82, 2.24) is 9.97 Å². The minimum atomic E-state index is -0.738. The first-order valence-electron chi connectivity index (χ1n) is 9.59. The highest BCUT2D eigenvalue weighted by Crippen LogP contribution is 2.25. The van der Waals surface area contributed by atoms with Crippen LogP contribution >= 0.6 is 0 Å². The third kappa shape index (κ3) is 4.59. The van der Waals surface area contributed by atoms with E-state index in [1.54, 1.807) is 24.4 Å². The van der Waals surface area contributed by atoms with Crippen LogP contribution in [0, 0.1) is 23.4 Å². The van der Waals surface area contributed by atoms with Gasteiger partial charge in [-0.25, -0.2) is 23.1 Å². The monoisotopic (exact) mass is 412 g/mol. The maximum atomic E-state index is 13.5. The van der Waals surface area contributed by atoms with Crippen molar-refractivity contribution in [3.8, 4) is 11.4 Å². The highest BCUT2D eigenvalue weighted by molar-refractivity contribution is 5.92. The van der Waals surface area contributed by atoms with E-state index < -0.39 is 11.6 Å². The number of hydrogen-bond donors (Lipinski definition) is 1. The number of piperidine rings is 1. The highest BCUT2D eigenvalue weighted by Gasteiger charge is 2.26. The molecule has 1 aliphatic rings. The third-order valence-corrected chi connectivity index (χ3v) is 5.04. The van der Waals surface area contributed by atoms with Crippen LogP contribution in [0.3, 0.4) is 0 Å². The molecule has 0 atom stereocenters. The first-order chi connectivity index (χ1) is 14.5. The molecule has 1 aromatic heterocycles. The first kappa shape index (κ1) is 19.9. The molecule has 1 N–H and O–H groups in total. The Morgan fingerprint density at radius 1 is 0.967 bits per heavy atom. The van der Waals surface area contributed by atoms with Crippen molar-refractivity contribution in [3.63, 3.8) is 0 Å². The minimum Gasteiger partial charge on any atom is -0.356 e. The van der Waals surface area contributed by atoms with E-state index in [9.17, 15) is 18.0 Å². The largest absolute Gasteiger partial charge is 0.356 e. The lowest BCUT2D eigenvalue weighted by atomic mass is 9.96. The zero-order valence-electron chi connectivity index (χ0n) is 16.0. The quantitative estimate of drug-likeness (QED) is 0.690. The van der Waals surface area contributed by atoms with E-state index in [4.69, 9.17) is 0 Å². The van der Waals surface area contributed by atoms with Crippen LogP contribution in [0.5, 0.6) is 0 Å². The van der Waals surface area contributed by atoms with Crippen LogP contribution in [0.15, 0.2) is 54.7 Å². The molecule has 3 aromatic rings. The molecule has 1 saturated heterocycles. The van der Waals surface area contributed by atoms with Gasteiger partial charge in [-0.1, -0.05) is 12.1 Å². The fraction of sp³-hybridized carbons (Fsp3) is 0.227. The Balaban J connectivity index is 1.40. The molecule has 8 heteroatoms. The number of carbonyl (C=O) groups excluding carboxylic acids is 1. The fourth-order valence-corrected chi connectivity index (χ4v) is 3.53. The van der Waals surface area contributed by atoms with Gasteiger partial charge in [0.2, 0.25) is 5.91 Å². The van der Waals surface area contributed by atoms with Gasteiger partial charge in [-0.2, -0.15) is 0 Å². The molecule has 2 aromatic carbocycles. The topological polar surface area (TPSA) is 58.1 Å². The van der Waals surface area contributed by atoms with Gasteiger partial charge < -0.3 is 10.2 Å². The second-order valence-electron chi connectivity index (χ2n) is 7.16. The predicted molar refractivity (Wildman–Crippen MR) is 107 cm³/mol. The number of carbonyl (C=O) groups is 1. The molecule has 0 spiro atoms. The number of anilines is 2. The Labute approximate surface area is 171 Å². The number of nitrogens with one attached hydrogen (secondary N) is 1. The molecule has 154 valence electrons. The molecule has 0 radical (unpaired) electrons. The first-order valence-corrected chi connectivity index (χ1v) is 9.59. The van der Waals surface area contributed by atoms with Crippen LogP contribution in [-0.4, -0.2) is 29.0 Å². The Kier molecular flexibility index (Phi) is 5.65. The summed E-state index contributed by atoms with van der Waals surface area (Å²) >= 11 is 0. The summed E-state index contributed by atoms with van der Waals surface area (Å²) in [5.41, 5.74) is 0.698. The molecule has 0 unspecified atom stereocenters. The van der Waals surface area contributed by atoms with Crippen LogP contribution in [0.2, 0.25) is 0 Å². The molecule has 5 nitrogen and oxygen atoms in total. The van der Waals surface area contributed by atoms with Crippen molar-refractivity contribution in [2.45, 2.75) is 12.8 Å². The van der Waals surface area contributed by atoms with Crippen molar-refractivity contribution >= 4 is 17.4 Å². The van der Waals surface area contributed by atoms with Gasteiger partial charge in [-0.15, -0.1) is 0 Å². The van der Waals surface area contributed by atoms with Gasteiger partial charge in [-0.3, -0.25) is 4.79 Å². The van der Waals surface area contributed by atoms with Gasteiger partial charge in [0.15, 0.2) is 5.82 Å². The van der Waals surface area contributed by atoms with Crippen LogP contribution in [0.1, 0.15) is 12.8 Å². The molecule has 2 heterocycles. The van der Waals surface area contributed by atoms with Crippen molar-refractivity contribution in [1.29, 1.82) is 0 Å². The maximum absolute atomic E-state index is 13.5. The molecule has 1 aliphatic heterocycles. The number of rotatable bonds is 4. The summed E-state index contributed by atoms with van der Waals surface area (Å²) in [5.74, 6) is -1.22. The molecular weight excluding hydrogens is 393 g/mol. The molecule has 1 amide bonds. The number of nitrogens with zero attached hydrogens (tertiary/aromatic N) is 3. The number of hydrogen-bond acceptors (Lipinski definition) is 4. The van der Waals surface area contributed by atoms with E-state index in [0.717, 1.165) is 18.2 Å². The average Bonchev–Trinajstić information content (AvgIpc) is 2.73. The lowest BCUT2D eigenvalue weighted by Crippen LogP contribution is -2.38. The molecule has 4 rings (SSSR count). The lowest BCUT2D eigenvalue weighted by molar-refractivity contribution is -0.120. The Bertz CT molecular complexity index is 1050. The summed E-state index contributed by atoms with van der Waals surface area (Å²) in [6.45, 7) is 1.18. The molecule has 0 aliphatic carbocycles. The molecule has 0 saturated carbocycles. The van der Waals surface area contributed by atoms with Gasteiger partial charge in [0, 0.05) is 42.5 Å². The summed E-state index contributed by atoms with van der Waals surface area (Å²) in [7, 11) is 0. The van der Waals surface area contributed by atoms with Gasteiger partial charge in [0.1, 0.15) is 23.3 Å². The summed E-state index contributed by atoms with van der Waals surface area (Å²) in [6, 6.07) is 10.8. The molecule has 30 heavy (non-hydrogen) atoms. The van der Waals surface area contributed by atoms with E-state index >= 15 is 0 Å². The van der Waals surface area contributed by atoms with Crippen LogP contribution < -0.4 is 10.2 Å². The fourth-order valence-electron chi connectivity index (χ4n) is 3.53. The number of aromatic nitrogens is 2. The van der Waals surface area contributed by atoms with Crippen LogP contribution in [0.4, 0.5) is 24.7 Å². The maximum Gasteiger partial charge on any atom is 0.227 e. The van der Waals surface area contributed by atoms with Gasteiger partial charge in [0.05, 0.1) is 0 Å². The number of benzene rings is 2. The van der Waals surface area contributed by atoms with Crippen molar-refractivity contribution in [2.75, 3.05) is 23.3 Å². The smallest absolute Gasteiger partial charge is 0.227 e. The Hall–Kier alpha value is -3.42. The van der Waals surface area contributed by atoms with E-state index in [-0.39, 0.29) is 23.3 Å². The van der Waals surface area contributed by atoms with Crippen molar-refractivity contribution in [3.05, 3.63) is 72.2 Å². The van der Waals surface area contributed by atoms with E-state index in [0.29, 0.717) is 43.1 Å². The van der Waals surface area contributed by atoms with Crippen molar-refractivity contribution < 1.29 is 18.0 Å². The zero-order chi connectivity index (χ0) is 21.1. The summed E-state index contributed by atoms with van der Waals surface area (Å²) < 4.78 is 40.1. The Morgan fingerprint density at radius 3 is 2.40 bits per heavy atom. The molecule has 1 fully saturated rings. The average molecular weight is 412 g/mol. The van der Waals surface area contributed by atoms with Crippen LogP contribution in [0.25, 0.3) is 11.4 Å². The SMILES string of the molecule is O=C(Nc1cc(F)cc(F)c1)C1CCN(c2ccnc(-c3cccc(F)c3)n2)CC1. The zero-order valence-corrected chi connectivity index (χ0v) is 16.0. The molecular formula is C22H19F3N4O. The van der Waals surface area contributed by atoms with E-state index in [1.165, 1.54) is 12.1 Å². The summed E-state index contributed by atoms with van der Waals surface area (Å²) in [6.07, 6.45) is 2.77. The van der Waals surface area contributed by atoms with Crippen molar-refractivity contribution in [2.24, 2.45) is 5.92 Å². The summed E-state index contributed by atoms with van der Waals surface area (Å²) in [4.78, 5) is 23.3. The van der Waals surface area contributed by atoms with Gasteiger partial charge >= 0.3 is 0 Å². The van der Waals surface area contributed by atoms with Crippen LogP contribution in [-0.2, 0) is 4.79 Å². The Morgan fingerprint density at radius 2 is 1.70 bits per heavy atom. The lowest BCUT2D eigenvalue weighted by Gasteiger charge is -2.32. The molecule has 0 bridgehead atoms. The number of amides is 1. The third-order valence-electron chi connectivity index (χ3n) is 5.04. The van der Waals surface area contributed by atoms with Gasteiger partial charge in [0.25, 0.3) is 0 Å². The van der Waals surface area contributed by atoms with E-state index in [2.05, 4.69) is 15.3 Å². The standard InChI is InChI=1S/C22H19F3N4O/c23-16-3-1-2-15(10-16)21-26-7-4-20(28-21)29-8-5-14(6-9-29)22(30)27-19-12-17(24)11-18(25)13-19/h1-4,7,10-14H,5-6,8-9H2,(H,27,30). The highest BCUT2D eigenvalue weighted by atomic mass is 19.1. The second kappa shape index (κ2) is 8.52. The number of halogens is 3. The predicted octanol–water partition coefficient (Wildman–Crippen LogP) is 4.42. The van der Waals surface area contributed by atoms with E-state index in [1.807, 2.05) is 4.90 Å². The minimum absolute atomic E-state index is 0.107. The normalized spacial score (nSPS) is 14.6.